The van der Waals surface area contributed by atoms with E-state index in [0.717, 1.165) is 68.7 Å². The summed E-state index contributed by atoms with van der Waals surface area (Å²) in [5, 5.41) is 19.3. The maximum Gasteiger partial charge on any atom is 0.258 e. The third-order valence-electron chi connectivity index (χ3n) is 8.59. The molecule has 8 heteroatoms. The zero-order valence-electron chi connectivity index (χ0n) is 27.1. The molecule has 8 nitrogen and oxygen atoms in total. The van der Waals surface area contributed by atoms with Gasteiger partial charge < -0.3 is 10.3 Å². The summed E-state index contributed by atoms with van der Waals surface area (Å²) >= 11 is 0. The molecule has 0 aliphatic heterocycles. The minimum absolute atomic E-state index is 0.241. The second-order valence-corrected chi connectivity index (χ2v) is 11.8. The van der Waals surface area contributed by atoms with Crippen LogP contribution >= 0.6 is 0 Å². The summed E-state index contributed by atoms with van der Waals surface area (Å²) in [4.78, 5) is 21.5. The molecule has 0 aliphatic rings. The van der Waals surface area contributed by atoms with E-state index in [1.54, 1.807) is 13.1 Å². The molecule has 5 aromatic carbocycles. The first-order chi connectivity index (χ1) is 23.5. The van der Waals surface area contributed by atoms with Crippen LogP contribution in [-0.4, -0.2) is 30.6 Å². The number of aryl methyl sites for hydroxylation is 2. The number of H-pyrrole nitrogens is 2. The van der Waals surface area contributed by atoms with Gasteiger partial charge in [0.2, 0.25) is 0 Å². The van der Waals surface area contributed by atoms with Crippen LogP contribution in [0.25, 0.3) is 55.9 Å². The lowest BCUT2D eigenvalue weighted by atomic mass is 9.78. The fourth-order valence-electron chi connectivity index (χ4n) is 6.61. The van der Waals surface area contributed by atoms with Crippen molar-refractivity contribution >= 4 is 11.4 Å². The highest BCUT2D eigenvalue weighted by atomic mass is 16.1. The molecule has 0 bridgehead atoms. The summed E-state index contributed by atoms with van der Waals surface area (Å²) < 4.78 is 0. The Morgan fingerprint density at radius 1 is 0.688 bits per heavy atom. The molecule has 0 amide bonds. The lowest BCUT2D eigenvalue weighted by molar-refractivity contribution is 0.881. The van der Waals surface area contributed by atoms with Crippen molar-refractivity contribution in [2.45, 2.75) is 33.6 Å². The first-order valence-corrected chi connectivity index (χ1v) is 16.1. The van der Waals surface area contributed by atoms with Crippen molar-refractivity contribution in [3.8, 4) is 55.9 Å². The number of aromatic amines is 2. The van der Waals surface area contributed by atoms with Gasteiger partial charge in [-0.25, -0.2) is 10.1 Å². The van der Waals surface area contributed by atoms with Gasteiger partial charge in [-0.05, 0) is 81.8 Å². The van der Waals surface area contributed by atoms with Crippen molar-refractivity contribution in [2.75, 3.05) is 5.32 Å². The number of hydrogen-bond acceptors (Lipinski definition) is 6. The monoisotopic (exact) mass is 629 g/mol. The lowest BCUT2D eigenvalue weighted by Gasteiger charge is -2.28. The predicted molar refractivity (Wildman–Crippen MR) is 193 cm³/mol. The van der Waals surface area contributed by atoms with Crippen molar-refractivity contribution in [1.82, 2.24) is 30.6 Å². The smallest absolute Gasteiger partial charge is 0.258 e. The molecule has 0 atom stereocenters. The van der Waals surface area contributed by atoms with E-state index in [1.165, 1.54) is 0 Å². The fourth-order valence-corrected chi connectivity index (χ4v) is 6.61. The number of benzene rings is 5. The highest BCUT2D eigenvalue weighted by Crippen LogP contribution is 2.53. The van der Waals surface area contributed by atoms with E-state index in [-0.39, 0.29) is 5.56 Å². The van der Waals surface area contributed by atoms with Crippen LogP contribution in [0.3, 0.4) is 0 Å². The normalized spacial score (nSPS) is 11.1. The molecule has 0 radical (unpaired) electrons. The van der Waals surface area contributed by atoms with E-state index in [2.05, 4.69) is 104 Å². The Morgan fingerprint density at radius 2 is 1.35 bits per heavy atom. The van der Waals surface area contributed by atoms with Gasteiger partial charge in [-0.1, -0.05) is 110 Å². The molecular weight excluding hydrogens is 594 g/mol. The van der Waals surface area contributed by atoms with Crippen molar-refractivity contribution in [3.05, 3.63) is 143 Å². The van der Waals surface area contributed by atoms with Gasteiger partial charge in [-0.15, -0.1) is 5.10 Å². The highest BCUT2D eigenvalue weighted by molar-refractivity contribution is 6.09. The number of para-hydroxylation sites is 1. The van der Waals surface area contributed by atoms with E-state index >= 15 is 0 Å². The molecule has 2 aromatic heterocycles. The second kappa shape index (κ2) is 13.3. The van der Waals surface area contributed by atoms with Crippen LogP contribution in [0.5, 0.6) is 0 Å². The first kappa shape index (κ1) is 30.5. The molecular formula is C40H35N7O. The third kappa shape index (κ3) is 5.69. The summed E-state index contributed by atoms with van der Waals surface area (Å²) in [5.74, 6) is 0.965. The molecule has 7 aromatic rings. The van der Waals surface area contributed by atoms with Crippen molar-refractivity contribution in [2.24, 2.45) is 0 Å². The number of nitrogens with one attached hydrogen (secondary N) is 3. The second-order valence-electron chi connectivity index (χ2n) is 11.8. The molecule has 0 saturated carbocycles. The average Bonchev–Trinajstić information content (AvgIpc) is 3.64. The molecule has 0 aliphatic carbocycles. The van der Waals surface area contributed by atoms with E-state index in [9.17, 15) is 4.79 Å². The van der Waals surface area contributed by atoms with Crippen LogP contribution in [0.4, 0.5) is 11.4 Å². The average molecular weight is 630 g/mol. The molecule has 3 N–H and O–H groups in total. The molecule has 0 fully saturated rings. The molecule has 7 rings (SSSR count). The number of nitrogens with zero attached hydrogens (tertiary/aromatic N) is 4. The van der Waals surface area contributed by atoms with Gasteiger partial charge in [0.05, 0.1) is 16.8 Å². The molecule has 0 unspecified atom stereocenters. The zero-order valence-corrected chi connectivity index (χ0v) is 27.1. The van der Waals surface area contributed by atoms with E-state index in [0.29, 0.717) is 28.3 Å². The van der Waals surface area contributed by atoms with Gasteiger partial charge in [0, 0.05) is 23.0 Å². The third-order valence-corrected chi connectivity index (χ3v) is 8.59. The quantitative estimate of drug-likeness (QED) is 0.147. The van der Waals surface area contributed by atoms with Gasteiger partial charge in [-0.2, -0.15) is 0 Å². The Morgan fingerprint density at radius 3 is 1.98 bits per heavy atom. The van der Waals surface area contributed by atoms with E-state index < -0.39 is 0 Å². The van der Waals surface area contributed by atoms with Crippen molar-refractivity contribution in [3.63, 3.8) is 0 Å². The Labute approximate surface area is 279 Å². The summed E-state index contributed by atoms with van der Waals surface area (Å²) in [6, 6.07) is 37.3. The summed E-state index contributed by atoms with van der Waals surface area (Å²) in [6.45, 7) is 6.12. The van der Waals surface area contributed by atoms with Gasteiger partial charge in [-0.3, -0.25) is 4.79 Å². The molecule has 0 spiro atoms. The number of aromatic nitrogens is 6. The van der Waals surface area contributed by atoms with Crippen LogP contribution in [0.15, 0.2) is 120 Å². The van der Waals surface area contributed by atoms with Crippen LogP contribution < -0.4 is 10.9 Å². The van der Waals surface area contributed by atoms with Crippen LogP contribution in [0.1, 0.15) is 30.3 Å². The maximum atomic E-state index is 13.9. The summed E-state index contributed by atoms with van der Waals surface area (Å²) in [5.41, 5.74) is 11.8. The molecule has 2 heterocycles. The maximum absolute atomic E-state index is 13.9. The SMILES string of the molecule is CCCc1c(-c2cccc(C)c2-c2ccccc2)c(Nc2ccccc2)c(-c2nnn[nH]2)c(-c2cnc(C)[nH]c2=O)c1-c1ccccc1. The van der Waals surface area contributed by atoms with Crippen molar-refractivity contribution in [1.29, 1.82) is 0 Å². The van der Waals surface area contributed by atoms with Crippen molar-refractivity contribution < 1.29 is 0 Å². The Hall–Kier alpha value is -6.15. The Balaban J connectivity index is 1.75. The van der Waals surface area contributed by atoms with Gasteiger partial charge in [0.25, 0.3) is 5.56 Å². The minimum atomic E-state index is -0.241. The Bertz CT molecular complexity index is 2250. The number of tetrazole rings is 1. The van der Waals surface area contributed by atoms with Crippen LogP contribution in [0.2, 0.25) is 0 Å². The van der Waals surface area contributed by atoms with E-state index in [1.807, 2.05) is 54.6 Å². The standard InChI is InChI=1S/C40H35N7O/c1-4-15-30-34(28-19-10-6-11-20-28)36(32-24-41-26(3)42-40(32)48)37(39-44-46-47-45-39)38(43-29-21-12-7-13-22-29)35(30)31-23-14-16-25(2)33(31)27-17-8-5-9-18-27/h5-14,16-24,43H,4,15H2,1-3H3,(H,41,42,48)(H,44,45,46,47). The van der Waals surface area contributed by atoms with Gasteiger partial charge in [0.1, 0.15) is 5.82 Å². The zero-order chi connectivity index (χ0) is 33.0. The highest BCUT2D eigenvalue weighted by Gasteiger charge is 2.31. The molecule has 48 heavy (non-hydrogen) atoms. The van der Waals surface area contributed by atoms with Crippen LogP contribution in [-0.2, 0) is 6.42 Å². The number of hydrogen-bond donors (Lipinski definition) is 3. The van der Waals surface area contributed by atoms with Gasteiger partial charge >= 0.3 is 0 Å². The van der Waals surface area contributed by atoms with Gasteiger partial charge in [0.15, 0.2) is 5.82 Å². The lowest BCUT2D eigenvalue weighted by Crippen LogP contribution is -2.15. The molecule has 236 valence electrons. The summed E-state index contributed by atoms with van der Waals surface area (Å²) in [7, 11) is 0. The first-order valence-electron chi connectivity index (χ1n) is 16.1. The number of rotatable bonds is 9. The fraction of sp³-hybridized carbons (Fsp3) is 0.125. The number of anilines is 2. The largest absolute Gasteiger partial charge is 0.354 e. The van der Waals surface area contributed by atoms with E-state index in [4.69, 9.17) is 0 Å². The Kier molecular flexibility index (Phi) is 8.45. The minimum Gasteiger partial charge on any atom is -0.354 e. The summed E-state index contributed by atoms with van der Waals surface area (Å²) in [6.07, 6.45) is 3.27. The molecule has 0 saturated heterocycles. The predicted octanol–water partition coefficient (Wildman–Crippen LogP) is 8.93. The topological polar surface area (TPSA) is 112 Å². The van der Waals surface area contributed by atoms with Crippen LogP contribution in [0, 0.1) is 13.8 Å².